The van der Waals surface area contributed by atoms with E-state index >= 15 is 0 Å². The lowest BCUT2D eigenvalue weighted by Crippen LogP contribution is -2.53. The number of rotatable bonds is 7. The Morgan fingerprint density at radius 2 is 2.24 bits per heavy atom. The number of hydrogen-bond donors (Lipinski definition) is 2. The molecule has 21 heavy (non-hydrogen) atoms. The van der Waals surface area contributed by atoms with Crippen molar-refractivity contribution in [2.24, 2.45) is 11.7 Å². The van der Waals surface area contributed by atoms with Crippen LogP contribution in [0, 0.1) is 5.92 Å². The molecule has 1 amide bonds. The molecule has 2 rings (SSSR count). The van der Waals surface area contributed by atoms with Crippen molar-refractivity contribution in [2.45, 2.75) is 38.1 Å². The summed E-state index contributed by atoms with van der Waals surface area (Å²) < 4.78 is 6.11. The molecule has 1 aromatic carbocycles. The molecule has 0 radical (unpaired) electrons. The molecule has 1 saturated carbocycles. The lowest BCUT2D eigenvalue weighted by molar-refractivity contribution is -0.123. The summed E-state index contributed by atoms with van der Waals surface area (Å²) in [6, 6.07) is 5.89. The Hall–Kier alpha value is -1.07. The molecule has 3 N–H and O–H groups in total. The fourth-order valence-corrected chi connectivity index (χ4v) is 3.13. The van der Waals surface area contributed by atoms with Gasteiger partial charge in [0.15, 0.2) is 0 Å². The highest BCUT2D eigenvalue weighted by molar-refractivity contribution is 9.10. The summed E-state index contributed by atoms with van der Waals surface area (Å²) in [6.45, 7) is 2.55. The average Bonchev–Trinajstić information content (AvgIpc) is 3.30. The van der Waals surface area contributed by atoms with Gasteiger partial charge in [-0.1, -0.05) is 6.07 Å². The average molecular weight is 355 g/mol. The molecule has 1 unspecified atom stereocenters. The first-order valence-electron chi connectivity index (χ1n) is 7.32. The van der Waals surface area contributed by atoms with Crippen molar-refractivity contribution in [1.82, 2.24) is 5.32 Å². The molecule has 1 aromatic rings. The SMILES string of the molecule is COc1ccc(CCC(=O)NC(C)(CN)C2CC2)cc1Br. The monoisotopic (exact) mass is 354 g/mol. The second-order valence-corrected chi connectivity index (χ2v) is 6.77. The number of ether oxygens (including phenoxy) is 1. The van der Waals surface area contributed by atoms with Gasteiger partial charge >= 0.3 is 0 Å². The van der Waals surface area contributed by atoms with Crippen LogP contribution in [0.1, 0.15) is 31.7 Å². The number of carbonyl (C=O) groups is 1. The quantitative estimate of drug-likeness (QED) is 0.790. The van der Waals surface area contributed by atoms with Crippen LogP contribution >= 0.6 is 15.9 Å². The van der Waals surface area contributed by atoms with Crippen LogP contribution in [0.5, 0.6) is 5.75 Å². The van der Waals surface area contributed by atoms with E-state index in [-0.39, 0.29) is 11.4 Å². The van der Waals surface area contributed by atoms with Gasteiger partial charge < -0.3 is 15.8 Å². The van der Waals surface area contributed by atoms with Crippen LogP contribution in [0.15, 0.2) is 22.7 Å². The van der Waals surface area contributed by atoms with Crippen molar-refractivity contribution >= 4 is 21.8 Å². The summed E-state index contributed by atoms with van der Waals surface area (Å²) in [5.74, 6) is 1.41. The zero-order valence-electron chi connectivity index (χ0n) is 12.6. The molecule has 4 nitrogen and oxygen atoms in total. The van der Waals surface area contributed by atoms with Gasteiger partial charge in [0.25, 0.3) is 0 Å². The third-order valence-electron chi connectivity index (χ3n) is 4.18. The van der Waals surface area contributed by atoms with Gasteiger partial charge in [0, 0.05) is 13.0 Å². The van der Waals surface area contributed by atoms with Crippen molar-refractivity contribution in [2.75, 3.05) is 13.7 Å². The highest BCUT2D eigenvalue weighted by atomic mass is 79.9. The normalized spacial score (nSPS) is 17.1. The van der Waals surface area contributed by atoms with Crippen LogP contribution in [0.2, 0.25) is 0 Å². The van der Waals surface area contributed by atoms with Gasteiger partial charge in [0.2, 0.25) is 5.91 Å². The van der Waals surface area contributed by atoms with Crippen molar-refractivity contribution < 1.29 is 9.53 Å². The summed E-state index contributed by atoms with van der Waals surface area (Å²) in [6.07, 6.45) is 3.51. The van der Waals surface area contributed by atoms with E-state index in [1.165, 1.54) is 12.8 Å². The van der Waals surface area contributed by atoms with Gasteiger partial charge in [0.1, 0.15) is 5.75 Å². The first kappa shape index (κ1) is 16.3. The fourth-order valence-electron chi connectivity index (χ4n) is 2.54. The van der Waals surface area contributed by atoms with E-state index < -0.39 is 0 Å². The number of carbonyl (C=O) groups excluding carboxylic acids is 1. The number of hydrogen-bond acceptors (Lipinski definition) is 3. The smallest absolute Gasteiger partial charge is 0.220 e. The van der Waals surface area contributed by atoms with Gasteiger partial charge in [0.05, 0.1) is 17.1 Å². The molecule has 1 fully saturated rings. The minimum absolute atomic E-state index is 0.0711. The number of aryl methyl sites for hydroxylation is 1. The van der Waals surface area contributed by atoms with E-state index in [9.17, 15) is 4.79 Å². The number of halogens is 1. The second-order valence-electron chi connectivity index (χ2n) is 5.91. The number of amides is 1. The Morgan fingerprint density at radius 3 is 2.76 bits per heavy atom. The molecular weight excluding hydrogens is 332 g/mol. The highest BCUT2D eigenvalue weighted by Gasteiger charge is 2.41. The predicted octanol–water partition coefficient (Wildman–Crippen LogP) is 2.63. The van der Waals surface area contributed by atoms with Crippen LogP contribution in [0.25, 0.3) is 0 Å². The summed E-state index contributed by atoms with van der Waals surface area (Å²) in [5.41, 5.74) is 6.69. The first-order chi connectivity index (χ1) is 9.98. The van der Waals surface area contributed by atoms with Crippen molar-refractivity contribution in [1.29, 1.82) is 0 Å². The molecule has 1 aliphatic carbocycles. The molecule has 0 saturated heterocycles. The Morgan fingerprint density at radius 1 is 1.52 bits per heavy atom. The fraction of sp³-hybridized carbons (Fsp3) is 0.562. The summed E-state index contributed by atoms with van der Waals surface area (Å²) in [7, 11) is 1.64. The summed E-state index contributed by atoms with van der Waals surface area (Å²) >= 11 is 3.46. The topological polar surface area (TPSA) is 64.3 Å². The third kappa shape index (κ3) is 4.20. The van der Waals surface area contributed by atoms with E-state index in [1.54, 1.807) is 7.11 Å². The largest absolute Gasteiger partial charge is 0.496 e. The van der Waals surface area contributed by atoms with E-state index in [0.717, 1.165) is 15.8 Å². The molecule has 5 heteroatoms. The molecule has 0 bridgehead atoms. The number of nitrogens with two attached hydrogens (primary N) is 1. The number of benzene rings is 1. The van der Waals surface area contributed by atoms with Crippen molar-refractivity contribution in [3.05, 3.63) is 28.2 Å². The van der Waals surface area contributed by atoms with Crippen LogP contribution in [-0.2, 0) is 11.2 Å². The Balaban J connectivity index is 1.87. The molecule has 116 valence electrons. The molecule has 0 aliphatic heterocycles. The molecule has 0 heterocycles. The van der Waals surface area contributed by atoms with E-state index in [0.29, 0.717) is 25.3 Å². The van der Waals surface area contributed by atoms with E-state index in [1.807, 2.05) is 25.1 Å². The van der Waals surface area contributed by atoms with Crippen LogP contribution in [-0.4, -0.2) is 25.1 Å². The molecule has 1 atom stereocenters. The number of nitrogens with one attached hydrogen (secondary N) is 1. The summed E-state index contributed by atoms with van der Waals surface area (Å²) in [5, 5.41) is 3.11. The number of methoxy groups -OCH3 is 1. The Kier molecular flexibility index (Phi) is 5.27. The van der Waals surface area contributed by atoms with Gasteiger partial charge in [-0.3, -0.25) is 4.79 Å². The van der Waals surface area contributed by atoms with Gasteiger partial charge in [-0.2, -0.15) is 0 Å². The standard InChI is InChI=1S/C16H23BrN2O2/c1-16(10-18,12-5-6-12)19-15(20)8-4-11-3-7-14(21-2)13(17)9-11/h3,7,9,12H,4-6,8,10,18H2,1-2H3,(H,19,20). The zero-order chi connectivity index (χ0) is 15.5. The lowest BCUT2D eigenvalue weighted by Gasteiger charge is -2.29. The molecule has 0 spiro atoms. The first-order valence-corrected chi connectivity index (χ1v) is 8.11. The van der Waals surface area contributed by atoms with Crippen molar-refractivity contribution in [3.8, 4) is 5.75 Å². The Bertz CT molecular complexity index is 517. The van der Waals surface area contributed by atoms with Gasteiger partial charge in [-0.25, -0.2) is 0 Å². The molecule has 0 aromatic heterocycles. The van der Waals surface area contributed by atoms with Crippen LogP contribution < -0.4 is 15.8 Å². The summed E-state index contributed by atoms with van der Waals surface area (Å²) in [4.78, 5) is 12.1. The maximum absolute atomic E-state index is 12.1. The predicted molar refractivity (Wildman–Crippen MR) is 87.3 cm³/mol. The van der Waals surface area contributed by atoms with Gasteiger partial charge in [-0.05, 0) is 65.7 Å². The van der Waals surface area contributed by atoms with E-state index in [2.05, 4.69) is 21.2 Å². The minimum Gasteiger partial charge on any atom is -0.496 e. The third-order valence-corrected chi connectivity index (χ3v) is 4.80. The highest BCUT2D eigenvalue weighted by Crippen LogP contribution is 2.39. The second kappa shape index (κ2) is 6.79. The Labute approximate surface area is 134 Å². The zero-order valence-corrected chi connectivity index (χ0v) is 14.2. The van der Waals surface area contributed by atoms with Crippen LogP contribution in [0.4, 0.5) is 0 Å². The van der Waals surface area contributed by atoms with E-state index in [4.69, 9.17) is 10.5 Å². The maximum Gasteiger partial charge on any atom is 0.220 e. The maximum atomic E-state index is 12.1. The van der Waals surface area contributed by atoms with Crippen LogP contribution in [0.3, 0.4) is 0 Å². The molecule has 1 aliphatic rings. The lowest BCUT2D eigenvalue weighted by atomic mass is 9.95. The minimum atomic E-state index is -0.239. The van der Waals surface area contributed by atoms with Gasteiger partial charge in [-0.15, -0.1) is 0 Å². The molecular formula is C16H23BrN2O2. The van der Waals surface area contributed by atoms with Crippen molar-refractivity contribution in [3.63, 3.8) is 0 Å².